The Morgan fingerprint density at radius 3 is 2.83 bits per heavy atom. The summed E-state index contributed by atoms with van der Waals surface area (Å²) >= 11 is 0. The van der Waals surface area contributed by atoms with E-state index in [1.165, 1.54) is 5.56 Å². The molecule has 1 aromatic carbocycles. The van der Waals surface area contributed by atoms with E-state index in [0.29, 0.717) is 13.2 Å². The molecule has 0 aliphatic carbocycles. The first-order valence-electron chi connectivity index (χ1n) is 6.09. The lowest BCUT2D eigenvalue weighted by atomic mass is 10.1. The molecule has 0 amide bonds. The number of aromatic nitrogens is 2. The first-order valence-corrected chi connectivity index (χ1v) is 6.09. The monoisotopic (exact) mass is 245 g/mol. The van der Waals surface area contributed by atoms with Crippen molar-refractivity contribution < 1.29 is 4.74 Å². The standard InChI is InChI=1S/C14H19N3O/c1-11-3-4-12(8-15)7-14(11)18-6-5-13-9-16-17(2)10-13/h3-4,7,9-10H,5-6,8,15H2,1-2H3. The molecular formula is C14H19N3O. The Balaban J connectivity index is 1.93. The topological polar surface area (TPSA) is 53.1 Å². The van der Waals surface area contributed by atoms with Gasteiger partial charge in [-0.05, 0) is 29.7 Å². The minimum atomic E-state index is 0.541. The molecule has 0 fully saturated rings. The summed E-state index contributed by atoms with van der Waals surface area (Å²) < 4.78 is 7.60. The fourth-order valence-corrected chi connectivity index (χ4v) is 1.81. The number of rotatable bonds is 5. The molecule has 2 aromatic rings. The highest BCUT2D eigenvalue weighted by molar-refractivity contribution is 5.36. The number of benzene rings is 1. The first kappa shape index (κ1) is 12.6. The largest absolute Gasteiger partial charge is 0.493 e. The molecule has 4 nitrogen and oxygen atoms in total. The van der Waals surface area contributed by atoms with Crippen LogP contribution in [0.4, 0.5) is 0 Å². The number of aryl methyl sites for hydroxylation is 2. The zero-order chi connectivity index (χ0) is 13.0. The molecule has 0 aliphatic heterocycles. The third kappa shape index (κ3) is 3.11. The normalized spacial score (nSPS) is 10.6. The van der Waals surface area contributed by atoms with Crippen molar-refractivity contribution in [1.82, 2.24) is 9.78 Å². The Kier molecular flexibility index (Phi) is 3.99. The predicted molar refractivity (Wildman–Crippen MR) is 71.5 cm³/mol. The van der Waals surface area contributed by atoms with E-state index in [1.807, 2.05) is 44.6 Å². The van der Waals surface area contributed by atoms with Gasteiger partial charge in [0.25, 0.3) is 0 Å². The molecule has 0 saturated carbocycles. The number of nitrogens with two attached hydrogens (primary N) is 1. The molecule has 4 heteroatoms. The number of ether oxygens (including phenoxy) is 1. The molecule has 0 atom stereocenters. The summed E-state index contributed by atoms with van der Waals surface area (Å²) in [6.07, 6.45) is 4.74. The highest BCUT2D eigenvalue weighted by Crippen LogP contribution is 2.19. The Labute approximate surface area is 107 Å². The maximum atomic E-state index is 5.80. The van der Waals surface area contributed by atoms with E-state index in [-0.39, 0.29) is 0 Å². The van der Waals surface area contributed by atoms with Crippen LogP contribution in [-0.2, 0) is 20.0 Å². The van der Waals surface area contributed by atoms with Crippen LogP contribution in [0.1, 0.15) is 16.7 Å². The zero-order valence-corrected chi connectivity index (χ0v) is 10.9. The van der Waals surface area contributed by atoms with Crippen LogP contribution in [0.3, 0.4) is 0 Å². The molecule has 0 spiro atoms. The Hall–Kier alpha value is -1.81. The van der Waals surface area contributed by atoms with Crippen LogP contribution in [0.15, 0.2) is 30.6 Å². The lowest BCUT2D eigenvalue weighted by Crippen LogP contribution is -2.03. The maximum Gasteiger partial charge on any atom is 0.122 e. The molecule has 0 unspecified atom stereocenters. The fourth-order valence-electron chi connectivity index (χ4n) is 1.81. The first-order chi connectivity index (χ1) is 8.69. The van der Waals surface area contributed by atoms with E-state index in [4.69, 9.17) is 10.5 Å². The minimum absolute atomic E-state index is 0.541. The molecule has 1 heterocycles. The van der Waals surface area contributed by atoms with Gasteiger partial charge in [-0.2, -0.15) is 5.10 Å². The van der Waals surface area contributed by atoms with Gasteiger partial charge < -0.3 is 10.5 Å². The van der Waals surface area contributed by atoms with Gasteiger partial charge in [0.15, 0.2) is 0 Å². The SMILES string of the molecule is Cc1ccc(CN)cc1OCCc1cnn(C)c1. The van der Waals surface area contributed by atoms with E-state index in [1.54, 1.807) is 4.68 Å². The van der Waals surface area contributed by atoms with Crippen LogP contribution in [-0.4, -0.2) is 16.4 Å². The van der Waals surface area contributed by atoms with Crippen LogP contribution in [0.2, 0.25) is 0 Å². The van der Waals surface area contributed by atoms with E-state index >= 15 is 0 Å². The van der Waals surface area contributed by atoms with Crippen molar-refractivity contribution >= 4 is 0 Å². The molecule has 2 N–H and O–H groups in total. The van der Waals surface area contributed by atoms with Gasteiger partial charge in [-0.1, -0.05) is 12.1 Å². The van der Waals surface area contributed by atoms with Gasteiger partial charge in [0.2, 0.25) is 0 Å². The summed E-state index contributed by atoms with van der Waals surface area (Å²) in [5.74, 6) is 0.918. The van der Waals surface area contributed by atoms with Gasteiger partial charge >= 0.3 is 0 Å². The summed E-state index contributed by atoms with van der Waals surface area (Å²) in [5, 5.41) is 4.13. The molecule has 2 rings (SSSR count). The van der Waals surface area contributed by atoms with E-state index in [2.05, 4.69) is 5.10 Å². The summed E-state index contributed by atoms with van der Waals surface area (Å²) in [6, 6.07) is 6.09. The van der Waals surface area contributed by atoms with Gasteiger partial charge in [-0.15, -0.1) is 0 Å². The van der Waals surface area contributed by atoms with E-state index in [9.17, 15) is 0 Å². The molecule has 18 heavy (non-hydrogen) atoms. The fraction of sp³-hybridized carbons (Fsp3) is 0.357. The van der Waals surface area contributed by atoms with Gasteiger partial charge in [0.05, 0.1) is 12.8 Å². The number of hydrogen-bond acceptors (Lipinski definition) is 3. The summed E-state index contributed by atoms with van der Waals surface area (Å²) in [5.41, 5.74) is 9.04. The van der Waals surface area contributed by atoms with Crippen LogP contribution < -0.4 is 10.5 Å². The lowest BCUT2D eigenvalue weighted by molar-refractivity contribution is 0.319. The Morgan fingerprint density at radius 1 is 1.33 bits per heavy atom. The highest BCUT2D eigenvalue weighted by Gasteiger charge is 2.02. The summed E-state index contributed by atoms with van der Waals surface area (Å²) in [4.78, 5) is 0. The maximum absolute atomic E-state index is 5.80. The van der Waals surface area contributed by atoms with Crippen LogP contribution in [0.25, 0.3) is 0 Å². The Morgan fingerprint density at radius 2 is 2.17 bits per heavy atom. The van der Waals surface area contributed by atoms with Crippen LogP contribution in [0.5, 0.6) is 5.75 Å². The molecular weight excluding hydrogens is 226 g/mol. The van der Waals surface area contributed by atoms with Crippen molar-refractivity contribution in [3.05, 3.63) is 47.3 Å². The average Bonchev–Trinajstić information content (AvgIpc) is 2.77. The van der Waals surface area contributed by atoms with Crippen molar-refractivity contribution in [3.8, 4) is 5.75 Å². The van der Waals surface area contributed by atoms with E-state index < -0.39 is 0 Å². The van der Waals surface area contributed by atoms with Crippen molar-refractivity contribution in [2.75, 3.05) is 6.61 Å². The van der Waals surface area contributed by atoms with Crippen LogP contribution >= 0.6 is 0 Å². The Bertz CT molecular complexity index is 520. The van der Waals surface area contributed by atoms with Gasteiger partial charge in [-0.25, -0.2) is 0 Å². The molecule has 0 bridgehead atoms. The number of nitrogens with zero attached hydrogens (tertiary/aromatic N) is 2. The summed E-state index contributed by atoms with van der Waals surface area (Å²) in [7, 11) is 1.92. The second-order valence-corrected chi connectivity index (χ2v) is 4.42. The van der Waals surface area contributed by atoms with Crippen LogP contribution in [0, 0.1) is 6.92 Å². The highest BCUT2D eigenvalue weighted by atomic mass is 16.5. The lowest BCUT2D eigenvalue weighted by Gasteiger charge is -2.10. The molecule has 0 aliphatic rings. The predicted octanol–water partition coefficient (Wildman–Crippen LogP) is 1.81. The van der Waals surface area contributed by atoms with Crippen molar-refractivity contribution in [2.45, 2.75) is 19.9 Å². The zero-order valence-electron chi connectivity index (χ0n) is 10.9. The van der Waals surface area contributed by atoms with Gasteiger partial charge in [0, 0.05) is 26.2 Å². The smallest absolute Gasteiger partial charge is 0.122 e. The third-order valence-electron chi connectivity index (χ3n) is 2.89. The van der Waals surface area contributed by atoms with E-state index in [0.717, 1.165) is 23.3 Å². The molecule has 0 saturated heterocycles. The second-order valence-electron chi connectivity index (χ2n) is 4.42. The van der Waals surface area contributed by atoms with Crippen molar-refractivity contribution in [3.63, 3.8) is 0 Å². The van der Waals surface area contributed by atoms with Gasteiger partial charge in [0.1, 0.15) is 5.75 Å². The van der Waals surface area contributed by atoms with Crippen molar-refractivity contribution in [1.29, 1.82) is 0 Å². The molecule has 96 valence electrons. The quantitative estimate of drug-likeness (QED) is 0.874. The summed E-state index contributed by atoms with van der Waals surface area (Å²) in [6.45, 7) is 3.24. The second kappa shape index (κ2) is 5.69. The number of hydrogen-bond donors (Lipinski definition) is 1. The van der Waals surface area contributed by atoms with Gasteiger partial charge in [-0.3, -0.25) is 4.68 Å². The molecule has 0 radical (unpaired) electrons. The molecule has 1 aromatic heterocycles. The van der Waals surface area contributed by atoms with Crippen molar-refractivity contribution in [2.24, 2.45) is 12.8 Å². The minimum Gasteiger partial charge on any atom is -0.493 e. The average molecular weight is 245 g/mol. The third-order valence-corrected chi connectivity index (χ3v) is 2.89.